The molecule has 1 aliphatic heterocycles. The van der Waals surface area contributed by atoms with E-state index >= 15 is 0 Å². The second kappa shape index (κ2) is 10.4. The summed E-state index contributed by atoms with van der Waals surface area (Å²) in [6.45, 7) is 11.9. The van der Waals surface area contributed by atoms with Crippen LogP contribution in [-0.4, -0.2) is 67.4 Å². The van der Waals surface area contributed by atoms with Crippen LogP contribution in [0.15, 0.2) is 22.5 Å². The highest BCUT2D eigenvalue weighted by Gasteiger charge is 2.34. The lowest BCUT2D eigenvalue weighted by Gasteiger charge is -2.33. The number of rotatable bonds is 7. The van der Waals surface area contributed by atoms with Gasteiger partial charge in [-0.25, -0.2) is 4.79 Å². The maximum absolute atomic E-state index is 12.5. The summed E-state index contributed by atoms with van der Waals surface area (Å²) >= 11 is 1.81. The van der Waals surface area contributed by atoms with Gasteiger partial charge in [0.2, 0.25) is 0 Å². The van der Waals surface area contributed by atoms with Gasteiger partial charge < -0.3 is 25.2 Å². The molecule has 2 fully saturated rings. The van der Waals surface area contributed by atoms with Gasteiger partial charge in [0.25, 0.3) is 0 Å². The minimum Gasteiger partial charge on any atom is -0.444 e. The van der Waals surface area contributed by atoms with E-state index in [0.29, 0.717) is 25.2 Å². The SMILES string of the molecule is CCNC(=NCCN(C(=O)OC(C)(C)C)C1CC1)NC1CCN(c2cccs2)CC1. The van der Waals surface area contributed by atoms with Crippen LogP contribution >= 0.6 is 11.3 Å². The van der Waals surface area contributed by atoms with E-state index in [-0.39, 0.29) is 6.09 Å². The van der Waals surface area contributed by atoms with E-state index < -0.39 is 5.60 Å². The Morgan fingerprint density at radius 3 is 2.60 bits per heavy atom. The first kappa shape index (κ1) is 22.7. The zero-order chi connectivity index (χ0) is 21.6. The molecule has 2 heterocycles. The van der Waals surface area contributed by atoms with Gasteiger partial charge in [0.1, 0.15) is 5.60 Å². The Morgan fingerprint density at radius 1 is 1.30 bits per heavy atom. The predicted octanol–water partition coefficient (Wildman–Crippen LogP) is 3.67. The summed E-state index contributed by atoms with van der Waals surface area (Å²) in [5, 5.41) is 10.4. The van der Waals surface area contributed by atoms with Gasteiger partial charge >= 0.3 is 6.09 Å². The van der Waals surface area contributed by atoms with Crippen LogP contribution < -0.4 is 15.5 Å². The number of nitrogens with one attached hydrogen (secondary N) is 2. The standard InChI is InChI=1S/C22H37N5O2S/c1-5-23-20(25-17-10-13-26(14-11-17)19-7-6-16-30-19)24-12-15-27(18-8-9-18)21(28)29-22(2,3)4/h6-7,16-18H,5,8-15H2,1-4H3,(H2,23,24,25). The van der Waals surface area contributed by atoms with Gasteiger partial charge in [0, 0.05) is 38.3 Å². The van der Waals surface area contributed by atoms with Crippen LogP contribution in [0.25, 0.3) is 0 Å². The minimum absolute atomic E-state index is 0.223. The monoisotopic (exact) mass is 435 g/mol. The zero-order valence-electron chi connectivity index (χ0n) is 18.8. The van der Waals surface area contributed by atoms with E-state index in [1.807, 2.05) is 25.7 Å². The molecule has 1 saturated carbocycles. The van der Waals surface area contributed by atoms with Crippen LogP contribution in [0.5, 0.6) is 0 Å². The van der Waals surface area contributed by atoms with E-state index in [4.69, 9.17) is 9.73 Å². The third kappa shape index (κ3) is 7.07. The Kier molecular flexibility index (Phi) is 7.86. The van der Waals surface area contributed by atoms with Crippen molar-refractivity contribution in [2.45, 2.75) is 71.1 Å². The Bertz CT molecular complexity index is 689. The number of ether oxygens (including phenoxy) is 1. The molecule has 168 valence electrons. The molecular formula is C22H37N5O2S. The second-order valence-corrected chi connectivity index (χ2v) is 9.95. The van der Waals surface area contributed by atoms with Crippen molar-refractivity contribution in [1.82, 2.24) is 15.5 Å². The smallest absolute Gasteiger partial charge is 0.410 e. The highest BCUT2D eigenvalue weighted by Crippen LogP contribution is 2.28. The summed E-state index contributed by atoms with van der Waals surface area (Å²) < 4.78 is 5.57. The van der Waals surface area contributed by atoms with Crippen LogP contribution in [0.3, 0.4) is 0 Å². The number of carbonyl (C=O) groups excluding carboxylic acids is 1. The largest absolute Gasteiger partial charge is 0.444 e. The molecule has 2 N–H and O–H groups in total. The Balaban J connectivity index is 1.48. The van der Waals surface area contributed by atoms with Gasteiger partial charge in [0.15, 0.2) is 5.96 Å². The van der Waals surface area contributed by atoms with Gasteiger partial charge in [-0.2, -0.15) is 0 Å². The fourth-order valence-electron chi connectivity index (χ4n) is 3.61. The molecule has 1 aliphatic carbocycles. The van der Waals surface area contributed by atoms with Crippen molar-refractivity contribution in [1.29, 1.82) is 0 Å². The summed E-state index contributed by atoms with van der Waals surface area (Å²) in [5.41, 5.74) is -0.470. The molecule has 0 unspecified atom stereocenters. The minimum atomic E-state index is -0.470. The van der Waals surface area contributed by atoms with Crippen molar-refractivity contribution in [3.8, 4) is 0 Å². The summed E-state index contributed by atoms with van der Waals surface area (Å²) in [7, 11) is 0. The molecular weight excluding hydrogens is 398 g/mol. The number of hydrogen-bond acceptors (Lipinski definition) is 5. The molecule has 1 aromatic rings. The molecule has 1 saturated heterocycles. The molecule has 2 aliphatic rings. The molecule has 1 amide bonds. The number of nitrogens with zero attached hydrogens (tertiary/aromatic N) is 3. The van der Waals surface area contributed by atoms with Crippen LogP contribution in [0, 0.1) is 0 Å². The highest BCUT2D eigenvalue weighted by atomic mass is 32.1. The number of hydrogen-bond donors (Lipinski definition) is 2. The average molecular weight is 436 g/mol. The number of aliphatic imine (C=N–C) groups is 1. The summed E-state index contributed by atoms with van der Waals surface area (Å²) in [6.07, 6.45) is 4.08. The van der Waals surface area contributed by atoms with Crippen molar-refractivity contribution < 1.29 is 9.53 Å². The Labute approximate surface area is 184 Å². The molecule has 30 heavy (non-hydrogen) atoms. The summed E-state index contributed by atoms with van der Waals surface area (Å²) in [4.78, 5) is 21.6. The summed E-state index contributed by atoms with van der Waals surface area (Å²) in [5.74, 6) is 0.840. The molecule has 0 bridgehead atoms. The lowest BCUT2D eigenvalue weighted by atomic mass is 10.1. The third-order valence-electron chi connectivity index (χ3n) is 5.22. The maximum atomic E-state index is 12.5. The topological polar surface area (TPSA) is 69.2 Å². The number of carbonyl (C=O) groups is 1. The van der Waals surface area contributed by atoms with E-state index in [2.05, 4.69) is 40.0 Å². The molecule has 0 spiro atoms. The van der Waals surface area contributed by atoms with Crippen LogP contribution in [0.1, 0.15) is 53.4 Å². The Morgan fingerprint density at radius 2 is 2.03 bits per heavy atom. The van der Waals surface area contributed by atoms with E-state index in [1.54, 1.807) is 11.3 Å². The van der Waals surface area contributed by atoms with E-state index in [9.17, 15) is 4.79 Å². The van der Waals surface area contributed by atoms with Crippen molar-refractivity contribution >= 4 is 28.4 Å². The fraction of sp³-hybridized carbons (Fsp3) is 0.727. The number of piperidine rings is 1. The lowest BCUT2D eigenvalue weighted by molar-refractivity contribution is 0.0240. The van der Waals surface area contributed by atoms with E-state index in [1.165, 1.54) is 5.00 Å². The molecule has 8 heteroatoms. The molecule has 0 radical (unpaired) electrons. The second-order valence-electron chi connectivity index (χ2n) is 9.02. The van der Waals surface area contributed by atoms with Crippen molar-refractivity contribution in [3.63, 3.8) is 0 Å². The van der Waals surface area contributed by atoms with Crippen LogP contribution in [0.2, 0.25) is 0 Å². The first-order valence-electron chi connectivity index (χ1n) is 11.2. The van der Waals surface area contributed by atoms with Crippen molar-refractivity contribution in [2.24, 2.45) is 4.99 Å². The first-order chi connectivity index (χ1) is 14.4. The van der Waals surface area contributed by atoms with Gasteiger partial charge in [-0.3, -0.25) is 4.99 Å². The van der Waals surface area contributed by atoms with E-state index in [0.717, 1.165) is 51.3 Å². The lowest BCUT2D eigenvalue weighted by Crippen LogP contribution is -2.49. The van der Waals surface area contributed by atoms with Crippen molar-refractivity contribution in [3.05, 3.63) is 17.5 Å². The van der Waals surface area contributed by atoms with Crippen LogP contribution in [-0.2, 0) is 4.74 Å². The first-order valence-corrected chi connectivity index (χ1v) is 12.1. The van der Waals surface area contributed by atoms with Crippen LogP contribution in [0.4, 0.5) is 9.80 Å². The molecule has 0 aromatic carbocycles. The number of anilines is 1. The quantitative estimate of drug-likeness (QED) is 0.505. The number of thiophene rings is 1. The normalized spacial score (nSPS) is 18.3. The molecule has 7 nitrogen and oxygen atoms in total. The third-order valence-corrected chi connectivity index (χ3v) is 6.15. The Hall–Kier alpha value is -1.96. The van der Waals surface area contributed by atoms with Gasteiger partial charge in [-0.15, -0.1) is 11.3 Å². The number of amides is 1. The predicted molar refractivity (Wildman–Crippen MR) is 125 cm³/mol. The maximum Gasteiger partial charge on any atom is 0.410 e. The van der Waals surface area contributed by atoms with Crippen molar-refractivity contribution in [2.75, 3.05) is 37.6 Å². The summed E-state index contributed by atoms with van der Waals surface area (Å²) in [6, 6.07) is 5.04. The molecule has 3 rings (SSSR count). The molecule has 0 atom stereocenters. The average Bonchev–Trinajstić information content (AvgIpc) is 3.36. The highest BCUT2D eigenvalue weighted by molar-refractivity contribution is 7.14. The molecule has 1 aromatic heterocycles. The van der Waals surface area contributed by atoms with Gasteiger partial charge in [0.05, 0.1) is 11.5 Å². The van der Waals surface area contributed by atoms with Gasteiger partial charge in [-0.1, -0.05) is 0 Å². The number of guanidine groups is 1. The fourth-order valence-corrected chi connectivity index (χ4v) is 4.39. The zero-order valence-corrected chi connectivity index (χ0v) is 19.6. The van der Waals surface area contributed by atoms with Gasteiger partial charge in [-0.05, 0) is 70.9 Å².